The minimum atomic E-state index is -2.82. The molecule has 0 unspecified atom stereocenters. The van der Waals surface area contributed by atoms with Crippen LogP contribution in [0.3, 0.4) is 0 Å². The van der Waals surface area contributed by atoms with Crippen molar-refractivity contribution in [1.82, 2.24) is 10.2 Å². The number of hydrogen-bond donors (Lipinski definition) is 1. The Morgan fingerprint density at radius 2 is 1.88 bits per heavy atom. The summed E-state index contributed by atoms with van der Waals surface area (Å²) in [5, 5.41) is 3.32. The van der Waals surface area contributed by atoms with E-state index in [0.29, 0.717) is 24.1 Å². The molecule has 0 aromatic heterocycles. The first-order valence-electron chi connectivity index (χ1n) is 6.16. The van der Waals surface area contributed by atoms with Gasteiger partial charge < -0.3 is 10.2 Å². The van der Waals surface area contributed by atoms with E-state index >= 15 is 0 Å². The molecule has 0 bridgehead atoms. The molecule has 96 valence electrons. The summed E-state index contributed by atoms with van der Waals surface area (Å²) in [6, 6.07) is 0.554. The van der Waals surface area contributed by atoms with Crippen molar-refractivity contribution in [3.05, 3.63) is 0 Å². The summed E-state index contributed by atoms with van der Waals surface area (Å²) in [5.41, 5.74) is 0. The van der Waals surface area contributed by atoms with Crippen LogP contribution >= 0.6 is 0 Å². The molecule has 4 nitrogen and oxygen atoms in total. The van der Waals surface area contributed by atoms with Crippen molar-refractivity contribution < 1.29 is 8.42 Å². The van der Waals surface area contributed by atoms with Crippen LogP contribution in [0.1, 0.15) is 26.2 Å². The van der Waals surface area contributed by atoms with Crippen molar-refractivity contribution in [3.63, 3.8) is 0 Å². The number of hydrogen-bond acceptors (Lipinski definition) is 4. The summed E-state index contributed by atoms with van der Waals surface area (Å²) in [6.45, 7) is 4.69. The normalized spacial score (nSPS) is 19.2. The molecule has 16 heavy (non-hydrogen) atoms. The molecule has 0 aliphatic carbocycles. The lowest BCUT2D eigenvalue weighted by atomic mass is 10.1. The summed E-state index contributed by atoms with van der Waals surface area (Å²) in [5.74, 6) is 0.633. The van der Waals surface area contributed by atoms with Crippen LogP contribution in [-0.4, -0.2) is 57.5 Å². The fraction of sp³-hybridized carbons (Fsp3) is 1.00. The standard InChI is InChI=1S/C11H24N2O2S/c1-3-9-16(14,15)10-8-13(2)11-4-6-12-7-5-11/h11-12H,3-10H2,1-2H3. The summed E-state index contributed by atoms with van der Waals surface area (Å²) in [7, 11) is -0.784. The van der Waals surface area contributed by atoms with Gasteiger partial charge in [-0.25, -0.2) is 8.42 Å². The van der Waals surface area contributed by atoms with E-state index in [2.05, 4.69) is 10.2 Å². The molecule has 1 N–H and O–H groups in total. The van der Waals surface area contributed by atoms with Gasteiger partial charge in [0.1, 0.15) is 0 Å². The van der Waals surface area contributed by atoms with Crippen LogP contribution in [0.2, 0.25) is 0 Å². The van der Waals surface area contributed by atoms with Crippen molar-refractivity contribution in [2.45, 2.75) is 32.2 Å². The van der Waals surface area contributed by atoms with Gasteiger partial charge in [0.05, 0.1) is 5.75 Å². The lowest BCUT2D eigenvalue weighted by Gasteiger charge is -2.31. The zero-order valence-electron chi connectivity index (χ0n) is 10.4. The van der Waals surface area contributed by atoms with E-state index in [0.717, 1.165) is 32.4 Å². The molecule has 0 aromatic rings. The fourth-order valence-corrected chi connectivity index (χ4v) is 3.52. The van der Waals surface area contributed by atoms with Crippen LogP contribution in [-0.2, 0) is 9.84 Å². The van der Waals surface area contributed by atoms with Crippen LogP contribution in [0.25, 0.3) is 0 Å². The van der Waals surface area contributed by atoms with E-state index in [1.807, 2.05) is 14.0 Å². The molecular formula is C11H24N2O2S. The quantitative estimate of drug-likeness (QED) is 0.743. The molecule has 0 atom stereocenters. The van der Waals surface area contributed by atoms with Crippen LogP contribution in [0.4, 0.5) is 0 Å². The average molecular weight is 248 g/mol. The summed E-state index contributed by atoms with van der Waals surface area (Å²) < 4.78 is 23.2. The Morgan fingerprint density at radius 3 is 2.44 bits per heavy atom. The summed E-state index contributed by atoms with van der Waals surface area (Å²) >= 11 is 0. The van der Waals surface area contributed by atoms with Gasteiger partial charge in [0.25, 0.3) is 0 Å². The zero-order valence-corrected chi connectivity index (χ0v) is 11.2. The number of nitrogens with one attached hydrogen (secondary N) is 1. The number of rotatable bonds is 6. The SMILES string of the molecule is CCCS(=O)(=O)CCN(C)C1CCNCC1. The first kappa shape index (κ1) is 13.9. The van der Waals surface area contributed by atoms with E-state index in [1.165, 1.54) is 0 Å². The molecule has 1 saturated heterocycles. The van der Waals surface area contributed by atoms with Gasteiger partial charge in [0.15, 0.2) is 9.84 Å². The molecule has 0 amide bonds. The predicted molar refractivity (Wildman–Crippen MR) is 67.5 cm³/mol. The Labute approximate surface area is 99.3 Å². The van der Waals surface area contributed by atoms with Crippen molar-refractivity contribution in [2.75, 3.05) is 38.2 Å². The van der Waals surface area contributed by atoms with Crippen molar-refractivity contribution >= 4 is 9.84 Å². The van der Waals surface area contributed by atoms with Gasteiger partial charge in [0, 0.05) is 18.3 Å². The molecule has 1 aliphatic rings. The molecule has 0 aromatic carbocycles. The summed E-state index contributed by atoms with van der Waals surface area (Å²) in [4.78, 5) is 2.20. The second kappa shape index (κ2) is 6.57. The third-order valence-electron chi connectivity index (χ3n) is 3.20. The highest BCUT2D eigenvalue weighted by Crippen LogP contribution is 2.09. The third-order valence-corrected chi connectivity index (χ3v) is 5.04. The van der Waals surface area contributed by atoms with Crippen LogP contribution in [0.5, 0.6) is 0 Å². The molecule has 1 aliphatic heterocycles. The minimum absolute atomic E-state index is 0.307. The highest BCUT2D eigenvalue weighted by molar-refractivity contribution is 7.91. The zero-order chi connectivity index (χ0) is 12.0. The van der Waals surface area contributed by atoms with Gasteiger partial charge in [-0.05, 0) is 39.4 Å². The van der Waals surface area contributed by atoms with E-state index in [-0.39, 0.29) is 0 Å². The number of sulfone groups is 1. The van der Waals surface area contributed by atoms with Crippen LogP contribution in [0, 0.1) is 0 Å². The highest BCUT2D eigenvalue weighted by Gasteiger charge is 2.19. The van der Waals surface area contributed by atoms with E-state index in [1.54, 1.807) is 0 Å². The lowest BCUT2D eigenvalue weighted by molar-refractivity contribution is 0.209. The Bertz CT molecular complexity index is 284. The predicted octanol–water partition coefficient (Wildman–Crippen LogP) is 0.495. The van der Waals surface area contributed by atoms with Gasteiger partial charge in [-0.1, -0.05) is 6.92 Å². The van der Waals surface area contributed by atoms with Crippen LogP contribution < -0.4 is 5.32 Å². The van der Waals surface area contributed by atoms with Gasteiger partial charge in [-0.3, -0.25) is 0 Å². The maximum absolute atomic E-state index is 11.6. The maximum Gasteiger partial charge on any atom is 0.151 e. The maximum atomic E-state index is 11.6. The average Bonchev–Trinajstić information content (AvgIpc) is 2.27. The monoisotopic (exact) mass is 248 g/mol. The Balaban J connectivity index is 2.31. The van der Waals surface area contributed by atoms with Crippen LogP contribution in [0.15, 0.2) is 0 Å². The smallest absolute Gasteiger partial charge is 0.151 e. The minimum Gasteiger partial charge on any atom is -0.317 e. The molecule has 0 spiro atoms. The Hall–Kier alpha value is -0.130. The molecule has 0 saturated carbocycles. The Kier molecular flexibility index (Phi) is 5.72. The van der Waals surface area contributed by atoms with Crippen molar-refractivity contribution in [1.29, 1.82) is 0 Å². The largest absolute Gasteiger partial charge is 0.317 e. The van der Waals surface area contributed by atoms with Gasteiger partial charge in [0.2, 0.25) is 0 Å². The highest BCUT2D eigenvalue weighted by atomic mass is 32.2. The van der Waals surface area contributed by atoms with E-state index in [9.17, 15) is 8.42 Å². The summed E-state index contributed by atoms with van der Waals surface area (Å²) in [6.07, 6.45) is 2.98. The third kappa shape index (κ3) is 4.80. The molecule has 1 fully saturated rings. The number of nitrogens with zero attached hydrogens (tertiary/aromatic N) is 1. The van der Waals surface area contributed by atoms with E-state index in [4.69, 9.17) is 0 Å². The Morgan fingerprint density at radius 1 is 1.25 bits per heavy atom. The second-order valence-corrected chi connectivity index (χ2v) is 6.92. The molecule has 1 rings (SSSR count). The van der Waals surface area contributed by atoms with Gasteiger partial charge in [-0.2, -0.15) is 0 Å². The fourth-order valence-electron chi connectivity index (χ4n) is 2.13. The first-order valence-corrected chi connectivity index (χ1v) is 7.98. The topological polar surface area (TPSA) is 49.4 Å². The first-order chi connectivity index (χ1) is 7.55. The second-order valence-electron chi connectivity index (χ2n) is 4.61. The molecule has 0 radical (unpaired) electrons. The molecule has 1 heterocycles. The van der Waals surface area contributed by atoms with E-state index < -0.39 is 9.84 Å². The lowest BCUT2D eigenvalue weighted by Crippen LogP contribution is -2.42. The van der Waals surface area contributed by atoms with Crippen molar-refractivity contribution in [3.8, 4) is 0 Å². The van der Waals surface area contributed by atoms with Gasteiger partial charge in [-0.15, -0.1) is 0 Å². The molecular weight excluding hydrogens is 224 g/mol. The van der Waals surface area contributed by atoms with Gasteiger partial charge >= 0.3 is 0 Å². The van der Waals surface area contributed by atoms with Crippen molar-refractivity contribution in [2.24, 2.45) is 0 Å². The molecule has 5 heteroatoms. The number of piperidine rings is 1.